The number of benzene rings is 2. The number of carbonyl (C=O) groups excluding carboxylic acids is 2. The Bertz CT molecular complexity index is 1020. The van der Waals surface area contributed by atoms with E-state index in [9.17, 15) is 9.59 Å². The summed E-state index contributed by atoms with van der Waals surface area (Å²) >= 11 is 0. The van der Waals surface area contributed by atoms with Crippen LogP contribution in [0.3, 0.4) is 0 Å². The molecule has 0 saturated heterocycles. The molecular weight excluding hydrogens is 382 g/mol. The molecule has 0 bridgehead atoms. The number of carbonyl (C=O) groups is 2. The Hall–Kier alpha value is -3.87. The number of nitrogens with zero attached hydrogens (tertiary/aromatic N) is 3. The highest BCUT2D eigenvalue weighted by atomic mass is 16.5. The molecule has 0 N–H and O–H groups in total. The molecular formula is C23H23N3O4. The van der Waals surface area contributed by atoms with E-state index in [-0.39, 0.29) is 11.7 Å². The van der Waals surface area contributed by atoms with Crippen LogP contribution in [0, 0.1) is 0 Å². The second-order valence-corrected chi connectivity index (χ2v) is 6.71. The molecule has 1 amide bonds. The molecule has 7 nitrogen and oxygen atoms in total. The van der Waals surface area contributed by atoms with Crippen LogP contribution in [0.25, 0.3) is 0 Å². The maximum absolute atomic E-state index is 13.0. The topological polar surface area (TPSA) is 71.4 Å². The number of aliphatic imine (C=N–C) groups is 1. The average molecular weight is 405 g/mol. The zero-order chi connectivity index (χ0) is 21.7. The Kier molecular flexibility index (Phi) is 6.32. The first-order chi connectivity index (χ1) is 14.4. The molecule has 2 aromatic rings. The van der Waals surface area contributed by atoms with Gasteiger partial charge in [0.25, 0.3) is 5.91 Å². The van der Waals surface area contributed by atoms with E-state index in [1.54, 1.807) is 73.7 Å². The van der Waals surface area contributed by atoms with Crippen LogP contribution in [0.5, 0.6) is 11.5 Å². The molecule has 0 aliphatic carbocycles. The summed E-state index contributed by atoms with van der Waals surface area (Å²) in [4.78, 5) is 33.0. The normalized spacial score (nSPS) is 14.3. The van der Waals surface area contributed by atoms with E-state index in [0.29, 0.717) is 34.1 Å². The number of ketones is 1. The SMILES string of the molecule is COc1ccc(C(=O)C=C2C=C(N(C)C)N(C(=O)c3ccc(OC)cc3)C=N2)cc1. The first-order valence-electron chi connectivity index (χ1n) is 9.24. The number of amides is 1. The third-order valence-corrected chi connectivity index (χ3v) is 4.51. The van der Waals surface area contributed by atoms with Crippen LogP contribution in [-0.4, -0.2) is 56.1 Å². The lowest BCUT2D eigenvalue weighted by molar-refractivity contribution is 0.0857. The summed E-state index contributed by atoms with van der Waals surface area (Å²) in [5.41, 5.74) is 1.48. The van der Waals surface area contributed by atoms with Gasteiger partial charge < -0.3 is 14.4 Å². The van der Waals surface area contributed by atoms with Crippen molar-refractivity contribution in [1.29, 1.82) is 0 Å². The molecule has 0 radical (unpaired) electrons. The minimum Gasteiger partial charge on any atom is -0.497 e. The summed E-state index contributed by atoms with van der Waals surface area (Å²) in [6, 6.07) is 13.7. The molecule has 0 spiro atoms. The van der Waals surface area contributed by atoms with Crippen molar-refractivity contribution in [3.63, 3.8) is 0 Å². The fraction of sp³-hybridized carbons (Fsp3) is 0.174. The number of ether oxygens (including phenoxy) is 2. The van der Waals surface area contributed by atoms with Gasteiger partial charge in [-0.05, 0) is 48.5 Å². The Labute approximate surface area is 175 Å². The molecule has 7 heteroatoms. The van der Waals surface area contributed by atoms with Gasteiger partial charge in [0.15, 0.2) is 5.78 Å². The molecule has 2 aromatic carbocycles. The molecule has 0 fully saturated rings. The van der Waals surface area contributed by atoms with Crippen molar-refractivity contribution in [3.05, 3.63) is 83.3 Å². The van der Waals surface area contributed by atoms with Crippen molar-refractivity contribution < 1.29 is 19.1 Å². The van der Waals surface area contributed by atoms with Crippen molar-refractivity contribution in [2.45, 2.75) is 0 Å². The van der Waals surface area contributed by atoms with Crippen LogP contribution < -0.4 is 9.47 Å². The lowest BCUT2D eigenvalue weighted by Crippen LogP contribution is -2.37. The zero-order valence-electron chi connectivity index (χ0n) is 17.3. The van der Waals surface area contributed by atoms with Gasteiger partial charge in [0.2, 0.25) is 0 Å². The van der Waals surface area contributed by atoms with E-state index < -0.39 is 0 Å². The Morgan fingerprint density at radius 3 is 1.93 bits per heavy atom. The second kappa shape index (κ2) is 9.09. The second-order valence-electron chi connectivity index (χ2n) is 6.71. The lowest BCUT2D eigenvalue weighted by Gasteiger charge is -2.29. The Balaban J connectivity index is 1.84. The largest absolute Gasteiger partial charge is 0.497 e. The fourth-order valence-corrected chi connectivity index (χ4v) is 2.85. The maximum atomic E-state index is 13.0. The van der Waals surface area contributed by atoms with E-state index >= 15 is 0 Å². The van der Waals surface area contributed by atoms with Crippen molar-refractivity contribution in [1.82, 2.24) is 9.80 Å². The molecule has 154 valence electrons. The standard InChI is InChI=1S/C23H23N3O4/c1-25(2)22-14-18(13-21(27)16-5-9-19(29-3)10-6-16)24-15-26(22)23(28)17-7-11-20(30-4)12-8-17/h5-15H,1-4H3. The number of hydrogen-bond donors (Lipinski definition) is 0. The van der Waals surface area contributed by atoms with E-state index in [4.69, 9.17) is 9.47 Å². The summed E-state index contributed by atoms with van der Waals surface area (Å²) < 4.78 is 10.3. The van der Waals surface area contributed by atoms with Gasteiger partial charge in [-0.1, -0.05) is 0 Å². The average Bonchev–Trinajstić information content (AvgIpc) is 2.78. The Morgan fingerprint density at radius 1 is 0.900 bits per heavy atom. The third-order valence-electron chi connectivity index (χ3n) is 4.51. The molecule has 30 heavy (non-hydrogen) atoms. The molecule has 0 atom stereocenters. The summed E-state index contributed by atoms with van der Waals surface area (Å²) in [5, 5.41) is 0. The van der Waals surface area contributed by atoms with Crippen molar-refractivity contribution in [2.24, 2.45) is 4.99 Å². The molecule has 0 saturated carbocycles. The molecule has 1 aliphatic rings. The summed E-state index contributed by atoms with van der Waals surface area (Å²) in [6.07, 6.45) is 4.56. The van der Waals surface area contributed by atoms with Gasteiger partial charge in [-0.3, -0.25) is 14.5 Å². The van der Waals surface area contributed by atoms with Crippen LogP contribution in [0.1, 0.15) is 20.7 Å². The fourth-order valence-electron chi connectivity index (χ4n) is 2.85. The predicted octanol–water partition coefficient (Wildman–Crippen LogP) is 3.36. The van der Waals surface area contributed by atoms with E-state index in [1.807, 2.05) is 14.1 Å². The predicted molar refractivity (Wildman–Crippen MR) is 115 cm³/mol. The first kappa shape index (κ1) is 20.9. The summed E-state index contributed by atoms with van der Waals surface area (Å²) in [7, 11) is 6.79. The van der Waals surface area contributed by atoms with E-state index in [2.05, 4.69) is 4.99 Å². The Morgan fingerprint density at radius 2 is 1.43 bits per heavy atom. The van der Waals surface area contributed by atoms with Crippen LogP contribution in [0.4, 0.5) is 0 Å². The van der Waals surface area contributed by atoms with Crippen molar-refractivity contribution >= 4 is 18.0 Å². The quantitative estimate of drug-likeness (QED) is 0.544. The molecule has 1 heterocycles. The summed E-state index contributed by atoms with van der Waals surface area (Å²) in [5.74, 6) is 1.53. The minimum atomic E-state index is -0.234. The maximum Gasteiger partial charge on any atom is 0.264 e. The highest BCUT2D eigenvalue weighted by Gasteiger charge is 2.23. The van der Waals surface area contributed by atoms with Gasteiger partial charge in [-0.2, -0.15) is 0 Å². The first-order valence-corrected chi connectivity index (χ1v) is 9.24. The lowest BCUT2D eigenvalue weighted by atomic mass is 10.1. The highest BCUT2D eigenvalue weighted by molar-refractivity contribution is 6.06. The number of methoxy groups -OCH3 is 2. The molecule has 3 rings (SSSR count). The number of allylic oxidation sites excluding steroid dienone is 2. The molecule has 0 aromatic heterocycles. The minimum absolute atomic E-state index is 0.186. The van der Waals surface area contributed by atoms with Crippen LogP contribution in [0.15, 0.2) is 77.2 Å². The zero-order valence-corrected chi connectivity index (χ0v) is 17.3. The van der Waals surface area contributed by atoms with Gasteiger partial charge >= 0.3 is 0 Å². The van der Waals surface area contributed by atoms with E-state index in [1.165, 1.54) is 17.3 Å². The number of hydrogen-bond acceptors (Lipinski definition) is 6. The highest BCUT2D eigenvalue weighted by Crippen LogP contribution is 2.21. The molecule has 1 aliphatic heterocycles. The van der Waals surface area contributed by atoms with Crippen molar-refractivity contribution in [3.8, 4) is 11.5 Å². The van der Waals surface area contributed by atoms with Gasteiger partial charge in [0.1, 0.15) is 23.7 Å². The van der Waals surface area contributed by atoms with Crippen molar-refractivity contribution in [2.75, 3.05) is 28.3 Å². The van der Waals surface area contributed by atoms with E-state index in [0.717, 1.165) is 0 Å². The van der Waals surface area contributed by atoms with Crippen LogP contribution in [0.2, 0.25) is 0 Å². The van der Waals surface area contributed by atoms with Gasteiger partial charge in [-0.25, -0.2) is 4.99 Å². The van der Waals surface area contributed by atoms with Crippen LogP contribution >= 0.6 is 0 Å². The smallest absolute Gasteiger partial charge is 0.264 e. The van der Waals surface area contributed by atoms with Gasteiger partial charge in [0.05, 0.1) is 19.9 Å². The van der Waals surface area contributed by atoms with Gasteiger partial charge in [-0.15, -0.1) is 0 Å². The monoisotopic (exact) mass is 405 g/mol. The van der Waals surface area contributed by atoms with Crippen LogP contribution in [-0.2, 0) is 0 Å². The summed E-state index contributed by atoms with van der Waals surface area (Å²) in [6.45, 7) is 0. The molecule has 0 unspecified atom stereocenters. The van der Waals surface area contributed by atoms with Gasteiger partial charge in [0, 0.05) is 37.4 Å². The third kappa shape index (κ3) is 4.57. The number of rotatable bonds is 6.